The van der Waals surface area contributed by atoms with Gasteiger partial charge in [0.15, 0.2) is 9.76 Å². The second-order valence-corrected chi connectivity index (χ2v) is 4.34. The number of carbonyl (C=O) groups excluding carboxylic acids is 1. The van der Waals surface area contributed by atoms with Crippen molar-refractivity contribution in [2.45, 2.75) is 26.3 Å². The Hall–Kier alpha value is -0.613. The molecule has 0 fully saturated rings. The van der Waals surface area contributed by atoms with E-state index in [9.17, 15) is 4.79 Å². The summed E-state index contributed by atoms with van der Waals surface area (Å²) in [7, 11) is -0.367. The molecule has 0 aliphatic carbocycles. The largest absolute Gasteiger partial charge is 0.462 e. The average Bonchev–Trinajstić information content (AvgIpc) is 2.10. The maximum Gasteiger partial charge on any atom is 0.333 e. The van der Waals surface area contributed by atoms with Gasteiger partial charge in [0, 0.05) is 12.2 Å². The lowest BCUT2D eigenvalue weighted by atomic mass is 10.4. The molecule has 0 radical (unpaired) electrons. The highest BCUT2D eigenvalue weighted by Crippen LogP contribution is 1.96. The fraction of sp³-hybridized carbons (Fsp3) is 0.667. The molecule has 0 rings (SSSR count). The Morgan fingerprint density at radius 3 is 2.77 bits per heavy atom. The van der Waals surface area contributed by atoms with Gasteiger partial charge in [0.05, 0.1) is 6.61 Å². The van der Waals surface area contributed by atoms with E-state index >= 15 is 0 Å². The molecule has 3 nitrogen and oxygen atoms in total. The Balaban J connectivity index is 3.16. The van der Waals surface area contributed by atoms with Crippen LogP contribution in [-0.2, 0) is 14.0 Å². The summed E-state index contributed by atoms with van der Waals surface area (Å²) in [5, 5.41) is 0. The first-order valence-corrected chi connectivity index (χ1v) is 6.16. The van der Waals surface area contributed by atoms with Crippen LogP contribution in [0.15, 0.2) is 12.2 Å². The summed E-state index contributed by atoms with van der Waals surface area (Å²) >= 11 is 0. The van der Waals surface area contributed by atoms with Crippen LogP contribution >= 0.6 is 0 Å². The highest BCUT2D eigenvalue weighted by atomic mass is 28.2. The van der Waals surface area contributed by atoms with E-state index in [2.05, 4.69) is 6.58 Å². The molecule has 0 aromatic heterocycles. The van der Waals surface area contributed by atoms with Gasteiger partial charge >= 0.3 is 5.97 Å². The third kappa shape index (κ3) is 7.74. The number of rotatable bonds is 7. The maximum atomic E-state index is 10.9. The zero-order valence-corrected chi connectivity index (χ0v) is 9.88. The molecular weight excluding hydrogens is 184 g/mol. The fourth-order valence-corrected chi connectivity index (χ4v) is 1.64. The molecule has 76 valence electrons. The summed E-state index contributed by atoms with van der Waals surface area (Å²) in [5.41, 5.74) is 0.460. The van der Waals surface area contributed by atoms with Crippen molar-refractivity contribution in [3.63, 3.8) is 0 Å². The molecular formula is C9H18O3Si. The van der Waals surface area contributed by atoms with Crippen LogP contribution in [0.4, 0.5) is 0 Å². The zero-order chi connectivity index (χ0) is 10.1. The van der Waals surface area contributed by atoms with Crippen molar-refractivity contribution in [3.05, 3.63) is 12.2 Å². The van der Waals surface area contributed by atoms with Crippen molar-refractivity contribution in [2.75, 3.05) is 13.2 Å². The molecule has 0 N–H and O–H groups in total. The summed E-state index contributed by atoms with van der Waals surface area (Å²) in [6.07, 6.45) is 0.908. The van der Waals surface area contributed by atoms with Crippen LogP contribution in [0.3, 0.4) is 0 Å². The molecule has 0 atom stereocenters. The second kappa shape index (κ2) is 8.01. The molecule has 0 aromatic carbocycles. The van der Waals surface area contributed by atoms with Crippen molar-refractivity contribution >= 4 is 15.7 Å². The molecule has 0 heterocycles. The van der Waals surface area contributed by atoms with E-state index < -0.39 is 0 Å². The van der Waals surface area contributed by atoms with Crippen molar-refractivity contribution in [3.8, 4) is 0 Å². The van der Waals surface area contributed by atoms with E-state index in [1.807, 2.05) is 6.92 Å². The number of hydrogen-bond acceptors (Lipinski definition) is 3. The van der Waals surface area contributed by atoms with E-state index in [0.717, 1.165) is 19.1 Å². The summed E-state index contributed by atoms with van der Waals surface area (Å²) < 4.78 is 10.2. The van der Waals surface area contributed by atoms with Crippen LogP contribution in [0.25, 0.3) is 0 Å². The molecule has 0 unspecified atom stereocenters. The summed E-state index contributed by atoms with van der Waals surface area (Å²) in [4.78, 5) is 10.9. The number of hydrogen-bond donors (Lipinski definition) is 0. The summed E-state index contributed by atoms with van der Waals surface area (Å²) in [6.45, 7) is 8.43. The van der Waals surface area contributed by atoms with Crippen LogP contribution in [0.5, 0.6) is 0 Å². The number of esters is 1. The van der Waals surface area contributed by atoms with Gasteiger partial charge in [-0.2, -0.15) is 0 Å². The van der Waals surface area contributed by atoms with E-state index in [1.54, 1.807) is 6.92 Å². The Morgan fingerprint density at radius 1 is 1.54 bits per heavy atom. The highest BCUT2D eigenvalue weighted by Gasteiger charge is 2.01. The van der Waals surface area contributed by atoms with Gasteiger partial charge in [-0.15, -0.1) is 0 Å². The molecule has 0 saturated carbocycles. The Kier molecular flexibility index (Phi) is 7.63. The van der Waals surface area contributed by atoms with Crippen molar-refractivity contribution < 1.29 is 14.0 Å². The molecule has 0 bridgehead atoms. The Morgan fingerprint density at radius 2 is 2.23 bits per heavy atom. The SMILES string of the molecule is C=C(C)C(=O)OCCC[SiH2]OCC. The first-order chi connectivity index (χ1) is 6.18. The van der Waals surface area contributed by atoms with Crippen molar-refractivity contribution in [1.29, 1.82) is 0 Å². The third-order valence-electron chi connectivity index (χ3n) is 1.47. The van der Waals surface area contributed by atoms with Gasteiger partial charge in [0.1, 0.15) is 0 Å². The molecule has 0 aliphatic rings. The van der Waals surface area contributed by atoms with E-state index in [-0.39, 0.29) is 15.7 Å². The molecule has 4 heteroatoms. The van der Waals surface area contributed by atoms with Gasteiger partial charge in [-0.25, -0.2) is 4.79 Å². The monoisotopic (exact) mass is 202 g/mol. The third-order valence-corrected chi connectivity index (χ3v) is 2.95. The smallest absolute Gasteiger partial charge is 0.333 e. The topological polar surface area (TPSA) is 35.5 Å². The fourth-order valence-electron chi connectivity index (χ4n) is 0.739. The first kappa shape index (κ1) is 12.4. The first-order valence-electron chi connectivity index (χ1n) is 4.58. The Bertz CT molecular complexity index is 168. The van der Waals surface area contributed by atoms with Crippen LogP contribution in [0.2, 0.25) is 6.04 Å². The number of ether oxygens (including phenoxy) is 1. The van der Waals surface area contributed by atoms with E-state index in [0.29, 0.717) is 12.2 Å². The predicted octanol–water partition coefficient (Wildman–Crippen LogP) is 1.03. The average molecular weight is 202 g/mol. The van der Waals surface area contributed by atoms with Gasteiger partial charge in [-0.1, -0.05) is 6.58 Å². The Labute approximate surface area is 82.1 Å². The maximum absolute atomic E-state index is 10.9. The van der Waals surface area contributed by atoms with Crippen molar-refractivity contribution in [1.82, 2.24) is 0 Å². The minimum absolute atomic E-state index is 0.293. The second-order valence-electron chi connectivity index (χ2n) is 2.82. The van der Waals surface area contributed by atoms with Gasteiger partial charge in [-0.3, -0.25) is 0 Å². The van der Waals surface area contributed by atoms with Gasteiger partial charge in [0.25, 0.3) is 0 Å². The lowest BCUT2D eigenvalue weighted by Crippen LogP contribution is -2.07. The number of carbonyl (C=O) groups is 1. The lowest BCUT2D eigenvalue weighted by molar-refractivity contribution is -0.138. The molecule has 0 saturated heterocycles. The van der Waals surface area contributed by atoms with Crippen molar-refractivity contribution in [2.24, 2.45) is 0 Å². The van der Waals surface area contributed by atoms with Crippen LogP contribution in [0.1, 0.15) is 20.3 Å². The lowest BCUT2D eigenvalue weighted by Gasteiger charge is -2.03. The molecule has 0 aromatic rings. The highest BCUT2D eigenvalue weighted by molar-refractivity contribution is 6.26. The summed E-state index contributed by atoms with van der Waals surface area (Å²) in [6, 6.07) is 1.07. The van der Waals surface area contributed by atoms with E-state index in [4.69, 9.17) is 9.16 Å². The van der Waals surface area contributed by atoms with Gasteiger partial charge in [0.2, 0.25) is 0 Å². The standard InChI is InChI=1S/C9H18O3Si/c1-4-12-13-7-5-6-11-9(10)8(2)3/h2,4-7,13H2,1,3H3. The van der Waals surface area contributed by atoms with Gasteiger partial charge in [-0.05, 0) is 26.3 Å². The molecule has 0 spiro atoms. The predicted molar refractivity (Wildman–Crippen MR) is 55.4 cm³/mol. The van der Waals surface area contributed by atoms with Crippen LogP contribution < -0.4 is 0 Å². The normalized spacial score (nSPS) is 10.6. The van der Waals surface area contributed by atoms with Gasteiger partial charge < -0.3 is 9.16 Å². The van der Waals surface area contributed by atoms with Crippen LogP contribution in [-0.4, -0.2) is 28.9 Å². The molecule has 13 heavy (non-hydrogen) atoms. The summed E-state index contributed by atoms with van der Waals surface area (Å²) in [5.74, 6) is -0.293. The molecule has 0 aliphatic heterocycles. The quantitative estimate of drug-likeness (QED) is 0.268. The zero-order valence-electron chi connectivity index (χ0n) is 8.47. The van der Waals surface area contributed by atoms with Crippen LogP contribution in [0, 0.1) is 0 Å². The minimum Gasteiger partial charge on any atom is -0.462 e. The van der Waals surface area contributed by atoms with E-state index in [1.165, 1.54) is 0 Å². The minimum atomic E-state index is -0.367. The molecule has 0 amide bonds.